The van der Waals surface area contributed by atoms with Crippen LogP contribution in [0.4, 0.5) is 0 Å². The number of carbonyl (C=O) groups excluding carboxylic acids is 1. The van der Waals surface area contributed by atoms with Gasteiger partial charge in [-0.2, -0.15) is 16.6 Å². The van der Waals surface area contributed by atoms with Crippen LogP contribution in [0.25, 0.3) is 0 Å². The third-order valence-corrected chi connectivity index (χ3v) is 4.70. The van der Waals surface area contributed by atoms with Gasteiger partial charge in [0.15, 0.2) is 18.1 Å². The minimum atomic E-state index is -0.0351. The Bertz CT molecular complexity index is 763. The first kappa shape index (κ1) is 17.3. The fourth-order valence-electron chi connectivity index (χ4n) is 2.57. The maximum Gasteiger partial charge on any atom is 0.261 e. The summed E-state index contributed by atoms with van der Waals surface area (Å²) in [5.74, 6) is 0.950. The standard InChI is InChI=1S/C19H20N2O3S/c1-2-23-18-9-14(10-20)3-6-17(18)24-12-19(22)21(16-4-5-16)11-15-7-8-25-13-15/h3,6-9,13,16H,2,4-5,11-12H2,1H3. The number of amides is 1. The van der Waals surface area contributed by atoms with E-state index in [0.717, 1.165) is 18.4 Å². The second-order valence-corrected chi connectivity index (χ2v) is 6.66. The number of hydrogen-bond acceptors (Lipinski definition) is 5. The number of thiophene rings is 1. The van der Waals surface area contributed by atoms with Crippen molar-refractivity contribution in [3.8, 4) is 17.6 Å². The molecule has 1 heterocycles. The molecule has 0 aliphatic heterocycles. The monoisotopic (exact) mass is 356 g/mol. The molecule has 0 N–H and O–H groups in total. The number of carbonyl (C=O) groups is 1. The van der Waals surface area contributed by atoms with Crippen molar-refractivity contribution >= 4 is 17.2 Å². The normalized spacial score (nSPS) is 13.1. The number of nitrogens with zero attached hydrogens (tertiary/aromatic N) is 2. The zero-order valence-electron chi connectivity index (χ0n) is 14.1. The SMILES string of the molecule is CCOc1cc(C#N)ccc1OCC(=O)N(Cc1ccsc1)C1CC1. The van der Waals surface area contributed by atoms with E-state index in [1.54, 1.807) is 29.5 Å². The molecule has 2 aromatic rings. The van der Waals surface area contributed by atoms with Crippen LogP contribution in [0.3, 0.4) is 0 Å². The summed E-state index contributed by atoms with van der Waals surface area (Å²) in [7, 11) is 0. The van der Waals surface area contributed by atoms with E-state index in [1.807, 2.05) is 23.3 Å². The van der Waals surface area contributed by atoms with Crippen molar-refractivity contribution in [2.75, 3.05) is 13.2 Å². The van der Waals surface area contributed by atoms with Crippen LogP contribution in [0.1, 0.15) is 30.9 Å². The summed E-state index contributed by atoms with van der Waals surface area (Å²) in [5, 5.41) is 13.1. The molecule has 130 valence electrons. The Balaban J connectivity index is 1.65. The largest absolute Gasteiger partial charge is 0.490 e. The van der Waals surface area contributed by atoms with Crippen LogP contribution in [0.2, 0.25) is 0 Å². The minimum Gasteiger partial charge on any atom is -0.490 e. The van der Waals surface area contributed by atoms with E-state index in [4.69, 9.17) is 14.7 Å². The smallest absolute Gasteiger partial charge is 0.261 e. The van der Waals surface area contributed by atoms with Crippen molar-refractivity contribution in [3.63, 3.8) is 0 Å². The quantitative estimate of drug-likeness (QED) is 0.725. The number of hydrogen-bond donors (Lipinski definition) is 0. The number of nitriles is 1. The van der Waals surface area contributed by atoms with Gasteiger partial charge < -0.3 is 14.4 Å². The maximum atomic E-state index is 12.6. The summed E-state index contributed by atoms with van der Waals surface area (Å²) >= 11 is 1.63. The van der Waals surface area contributed by atoms with Crippen molar-refractivity contribution in [2.45, 2.75) is 32.4 Å². The van der Waals surface area contributed by atoms with E-state index in [-0.39, 0.29) is 12.5 Å². The first-order chi connectivity index (χ1) is 12.2. The second-order valence-electron chi connectivity index (χ2n) is 5.88. The summed E-state index contributed by atoms with van der Waals surface area (Å²) in [6, 6.07) is 9.41. The molecule has 1 fully saturated rings. The van der Waals surface area contributed by atoms with Crippen LogP contribution in [0.5, 0.6) is 11.5 Å². The van der Waals surface area contributed by atoms with E-state index >= 15 is 0 Å². The molecule has 5 nitrogen and oxygen atoms in total. The van der Waals surface area contributed by atoms with Gasteiger partial charge in [-0.25, -0.2) is 0 Å². The van der Waals surface area contributed by atoms with Gasteiger partial charge in [0.2, 0.25) is 0 Å². The van der Waals surface area contributed by atoms with Crippen molar-refractivity contribution in [1.29, 1.82) is 5.26 Å². The highest BCUT2D eigenvalue weighted by Gasteiger charge is 2.32. The lowest BCUT2D eigenvalue weighted by Gasteiger charge is -2.22. The van der Waals surface area contributed by atoms with E-state index < -0.39 is 0 Å². The molecule has 1 aliphatic rings. The molecule has 6 heteroatoms. The van der Waals surface area contributed by atoms with Gasteiger partial charge >= 0.3 is 0 Å². The second kappa shape index (κ2) is 8.04. The summed E-state index contributed by atoms with van der Waals surface area (Å²) < 4.78 is 11.2. The molecule has 3 rings (SSSR count). The summed E-state index contributed by atoms with van der Waals surface area (Å²) in [4.78, 5) is 14.5. The van der Waals surface area contributed by atoms with Crippen molar-refractivity contribution in [2.24, 2.45) is 0 Å². The third kappa shape index (κ3) is 4.52. The average Bonchev–Trinajstić information content (AvgIpc) is 3.34. The van der Waals surface area contributed by atoms with Crippen LogP contribution < -0.4 is 9.47 Å². The highest BCUT2D eigenvalue weighted by atomic mass is 32.1. The van der Waals surface area contributed by atoms with Crippen molar-refractivity contribution < 1.29 is 14.3 Å². The van der Waals surface area contributed by atoms with E-state index in [1.165, 1.54) is 0 Å². The molecule has 0 radical (unpaired) electrons. The first-order valence-electron chi connectivity index (χ1n) is 8.31. The zero-order chi connectivity index (χ0) is 17.6. The van der Waals surface area contributed by atoms with Gasteiger partial charge in [-0.05, 0) is 54.3 Å². The van der Waals surface area contributed by atoms with Crippen LogP contribution in [-0.2, 0) is 11.3 Å². The Morgan fingerprint density at radius 3 is 2.80 bits per heavy atom. The Morgan fingerprint density at radius 1 is 1.32 bits per heavy atom. The van der Waals surface area contributed by atoms with Crippen LogP contribution in [-0.4, -0.2) is 30.1 Å². The number of ether oxygens (including phenoxy) is 2. The molecule has 25 heavy (non-hydrogen) atoms. The lowest BCUT2D eigenvalue weighted by Crippen LogP contribution is -2.36. The average molecular weight is 356 g/mol. The van der Waals surface area contributed by atoms with Gasteiger partial charge in [0.1, 0.15) is 0 Å². The fraction of sp³-hybridized carbons (Fsp3) is 0.368. The maximum absolute atomic E-state index is 12.6. The number of rotatable bonds is 8. The van der Waals surface area contributed by atoms with Gasteiger partial charge in [-0.15, -0.1) is 0 Å². The van der Waals surface area contributed by atoms with Gasteiger partial charge in [-0.1, -0.05) is 0 Å². The molecule has 0 atom stereocenters. The molecule has 1 aliphatic carbocycles. The van der Waals surface area contributed by atoms with Gasteiger partial charge in [0.25, 0.3) is 5.91 Å². The van der Waals surface area contributed by atoms with E-state index in [2.05, 4.69) is 11.4 Å². The molecular formula is C19H20N2O3S. The highest BCUT2D eigenvalue weighted by Crippen LogP contribution is 2.31. The highest BCUT2D eigenvalue weighted by molar-refractivity contribution is 7.07. The predicted molar refractivity (Wildman–Crippen MR) is 95.7 cm³/mol. The van der Waals surface area contributed by atoms with Gasteiger partial charge in [-0.3, -0.25) is 4.79 Å². The van der Waals surface area contributed by atoms with Crippen molar-refractivity contribution in [1.82, 2.24) is 4.90 Å². The molecule has 1 aromatic heterocycles. The third-order valence-electron chi connectivity index (χ3n) is 3.96. The molecule has 0 spiro atoms. The Morgan fingerprint density at radius 2 is 2.16 bits per heavy atom. The van der Waals surface area contributed by atoms with Gasteiger partial charge in [0.05, 0.1) is 18.2 Å². The van der Waals surface area contributed by atoms with Crippen LogP contribution in [0.15, 0.2) is 35.0 Å². The molecule has 0 saturated heterocycles. The number of benzene rings is 1. The molecule has 1 saturated carbocycles. The Kier molecular flexibility index (Phi) is 5.56. The van der Waals surface area contributed by atoms with Crippen LogP contribution in [0, 0.1) is 11.3 Å². The molecule has 1 aromatic carbocycles. The Labute approximate surface area is 151 Å². The molecule has 0 unspecified atom stereocenters. The lowest BCUT2D eigenvalue weighted by atomic mass is 10.2. The van der Waals surface area contributed by atoms with Gasteiger partial charge in [0, 0.05) is 18.7 Å². The van der Waals surface area contributed by atoms with E-state index in [0.29, 0.717) is 36.3 Å². The predicted octanol–water partition coefficient (Wildman–Crippen LogP) is 3.59. The van der Waals surface area contributed by atoms with E-state index in [9.17, 15) is 4.79 Å². The summed E-state index contributed by atoms with van der Waals surface area (Å²) in [6.07, 6.45) is 2.11. The minimum absolute atomic E-state index is 0.0273. The molecule has 1 amide bonds. The first-order valence-corrected chi connectivity index (χ1v) is 9.26. The van der Waals surface area contributed by atoms with Crippen LogP contribution >= 0.6 is 11.3 Å². The summed E-state index contributed by atoms with van der Waals surface area (Å²) in [5.41, 5.74) is 1.65. The summed E-state index contributed by atoms with van der Waals surface area (Å²) in [6.45, 7) is 2.92. The van der Waals surface area contributed by atoms with Crippen molar-refractivity contribution in [3.05, 3.63) is 46.2 Å². The fourth-order valence-corrected chi connectivity index (χ4v) is 3.23. The Hall–Kier alpha value is -2.52. The zero-order valence-corrected chi connectivity index (χ0v) is 14.9. The molecular weight excluding hydrogens is 336 g/mol. The molecule has 0 bridgehead atoms. The topological polar surface area (TPSA) is 62.6 Å². The lowest BCUT2D eigenvalue weighted by molar-refractivity contribution is -0.134.